The molecule has 0 saturated carbocycles. The van der Waals surface area contributed by atoms with Crippen molar-refractivity contribution in [3.8, 4) is 0 Å². The number of piperidine rings is 1. The minimum Gasteiger partial charge on any atom is -0.350 e. The quantitative estimate of drug-likeness (QED) is 0.872. The monoisotopic (exact) mass is 260 g/mol. The second-order valence-corrected chi connectivity index (χ2v) is 5.72. The van der Waals surface area contributed by atoms with Gasteiger partial charge in [0.1, 0.15) is 0 Å². The Morgan fingerprint density at radius 1 is 1.26 bits per heavy atom. The lowest BCUT2D eigenvalue weighted by Crippen LogP contribution is -2.30. The molecule has 1 saturated heterocycles. The average molecular weight is 260 g/mol. The molecule has 0 spiro atoms. The summed E-state index contributed by atoms with van der Waals surface area (Å²) < 4.78 is 0. The Labute approximate surface area is 115 Å². The van der Waals surface area contributed by atoms with Crippen molar-refractivity contribution in [2.75, 3.05) is 13.1 Å². The molecule has 104 valence electrons. The summed E-state index contributed by atoms with van der Waals surface area (Å²) >= 11 is 0. The highest BCUT2D eigenvalue weighted by atomic mass is 16.1. The maximum atomic E-state index is 11.8. The van der Waals surface area contributed by atoms with Gasteiger partial charge in [-0.1, -0.05) is 12.1 Å². The van der Waals surface area contributed by atoms with Crippen LogP contribution >= 0.6 is 0 Å². The van der Waals surface area contributed by atoms with Gasteiger partial charge >= 0.3 is 0 Å². The van der Waals surface area contributed by atoms with E-state index in [0.717, 1.165) is 31.0 Å². The third-order valence-corrected chi connectivity index (χ3v) is 3.62. The van der Waals surface area contributed by atoms with Crippen LogP contribution in [0.15, 0.2) is 24.3 Å². The molecule has 0 unspecified atom stereocenters. The second kappa shape index (κ2) is 6.71. The first-order chi connectivity index (χ1) is 9.15. The topological polar surface area (TPSA) is 41.1 Å². The normalized spacial score (nSPS) is 16.6. The smallest absolute Gasteiger partial charge is 0.251 e. The number of benzene rings is 1. The molecule has 19 heavy (non-hydrogen) atoms. The third-order valence-electron chi connectivity index (χ3n) is 3.62. The fraction of sp³-hybridized carbons (Fsp3) is 0.562. The molecule has 1 heterocycles. The van der Waals surface area contributed by atoms with Crippen molar-refractivity contribution in [1.82, 2.24) is 10.6 Å². The second-order valence-electron chi connectivity index (χ2n) is 5.72. The highest BCUT2D eigenvalue weighted by Gasteiger charge is 2.14. The summed E-state index contributed by atoms with van der Waals surface area (Å²) in [7, 11) is 0. The van der Waals surface area contributed by atoms with E-state index < -0.39 is 0 Å². The maximum absolute atomic E-state index is 11.8. The van der Waals surface area contributed by atoms with Crippen LogP contribution in [-0.2, 0) is 6.42 Å². The summed E-state index contributed by atoms with van der Waals surface area (Å²) in [5, 5.41) is 6.30. The van der Waals surface area contributed by atoms with Crippen LogP contribution in [0, 0.1) is 5.92 Å². The molecule has 1 fully saturated rings. The molecule has 0 bridgehead atoms. The third kappa shape index (κ3) is 4.35. The predicted octanol–water partition coefficient (Wildman–Crippen LogP) is 2.37. The van der Waals surface area contributed by atoms with Crippen LogP contribution in [0.5, 0.6) is 0 Å². The van der Waals surface area contributed by atoms with Gasteiger partial charge in [-0.3, -0.25) is 4.79 Å². The summed E-state index contributed by atoms with van der Waals surface area (Å²) in [6.07, 6.45) is 3.65. The number of hydrogen-bond acceptors (Lipinski definition) is 2. The molecule has 1 aliphatic rings. The van der Waals surface area contributed by atoms with Gasteiger partial charge in [0, 0.05) is 11.6 Å². The summed E-state index contributed by atoms with van der Waals surface area (Å²) in [6.45, 7) is 6.23. The average Bonchev–Trinajstić information content (AvgIpc) is 2.40. The molecule has 1 aromatic rings. The lowest BCUT2D eigenvalue weighted by atomic mass is 9.91. The van der Waals surface area contributed by atoms with Gasteiger partial charge in [-0.05, 0) is 69.8 Å². The zero-order chi connectivity index (χ0) is 13.7. The Morgan fingerprint density at radius 2 is 1.89 bits per heavy atom. The van der Waals surface area contributed by atoms with Gasteiger partial charge in [0.05, 0.1) is 0 Å². The summed E-state index contributed by atoms with van der Waals surface area (Å²) in [6, 6.07) is 8.25. The first-order valence-corrected chi connectivity index (χ1v) is 7.25. The first-order valence-electron chi connectivity index (χ1n) is 7.25. The van der Waals surface area contributed by atoms with Crippen LogP contribution in [0.1, 0.15) is 42.6 Å². The molecule has 2 rings (SSSR count). The van der Waals surface area contributed by atoms with Gasteiger partial charge in [0.15, 0.2) is 0 Å². The summed E-state index contributed by atoms with van der Waals surface area (Å²) in [5.41, 5.74) is 2.09. The number of nitrogens with one attached hydrogen (secondary N) is 2. The number of carbonyl (C=O) groups excluding carboxylic acids is 1. The van der Waals surface area contributed by atoms with Gasteiger partial charge in [-0.15, -0.1) is 0 Å². The molecule has 1 amide bonds. The zero-order valence-corrected chi connectivity index (χ0v) is 11.9. The zero-order valence-electron chi connectivity index (χ0n) is 11.9. The molecule has 1 aromatic carbocycles. The van der Waals surface area contributed by atoms with Crippen molar-refractivity contribution < 1.29 is 4.79 Å². The Morgan fingerprint density at radius 3 is 2.47 bits per heavy atom. The molecule has 1 aliphatic heterocycles. The van der Waals surface area contributed by atoms with Crippen molar-refractivity contribution in [2.24, 2.45) is 5.92 Å². The lowest BCUT2D eigenvalue weighted by Gasteiger charge is -2.22. The SMILES string of the molecule is CC(C)NC(=O)c1ccc(CC2CCNCC2)cc1. The molecule has 3 nitrogen and oxygen atoms in total. The Balaban J connectivity index is 1.92. The predicted molar refractivity (Wildman–Crippen MR) is 78.3 cm³/mol. The molecule has 0 aromatic heterocycles. The van der Waals surface area contributed by atoms with Crippen molar-refractivity contribution in [3.05, 3.63) is 35.4 Å². The number of rotatable bonds is 4. The Hall–Kier alpha value is -1.35. The van der Waals surface area contributed by atoms with Crippen LogP contribution < -0.4 is 10.6 Å². The molecule has 0 atom stereocenters. The summed E-state index contributed by atoms with van der Waals surface area (Å²) in [4.78, 5) is 11.8. The van der Waals surface area contributed by atoms with Gasteiger partial charge in [0.2, 0.25) is 0 Å². The van der Waals surface area contributed by atoms with E-state index in [-0.39, 0.29) is 11.9 Å². The molecular formula is C16H24N2O. The fourth-order valence-electron chi connectivity index (χ4n) is 2.56. The summed E-state index contributed by atoms with van der Waals surface area (Å²) in [5.74, 6) is 0.806. The number of hydrogen-bond donors (Lipinski definition) is 2. The largest absolute Gasteiger partial charge is 0.350 e. The van der Waals surface area contributed by atoms with Crippen LogP contribution in [-0.4, -0.2) is 25.0 Å². The van der Waals surface area contributed by atoms with Crippen molar-refractivity contribution in [2.45, 2.75) is 39.2 Å². The molecule has 3 heteroatoms. The van der Waals surface area contributed by atoms with Gasteiger partial charge < -0.3 is 10.6 Å². The van der Waals surface area contributed by atoms with E-state index in [0.29, 0.717) is 0 Å². The number of amides is 1. The molecule has 0 aliphatic carbocycles. The number of carbonyl (C=O) groups is 1. The van der Waals surface area contributed by atoms with Gasteiger partial charge in [0.25, 0.3) is 5.91 Å². The van der Waals surface area contributed by atoms with E-state index >= 15 is 0 Å². The minimum absolute atomic E-state index is 0.0171. The van der Waals surface area contributed by atoms with Crippen molar-refractivity contribution in [3.63, 3.8) is 0 Å². The Kier molecular flexibility index (Phi) is 4.97. The standard InChI is InChI=1S/C16H24N2O/c1-12(2)18-16(19)15-5-3-13(4-6-15)11-14-7-9-17-10-8-14/h3-6,12,14,17H,7-11H2,1-2H3,(H,18,19). The first kappa shape index (κ1) is 14.1. The van der Waals surface area contributed by atoms with Crippen LogP contribution in [0.2, 0.25) is 0 Å². The fourth-order valence-corrected chi connectivity index (χ4v) is 2.56. The highest BCUT2D eigenvalue weighted by molar-refractivity contribution is 5.94. The van der Waals surface area contributed by atoms with E-state index in [1.165, 1.54) is 18.4 Å². The van der Waals surface area contributed by atoms with Gasteiger partial charge in [-0.25, -0.2) is 0 Å². The maximum Gasteiger partial charge on any atom is 0.251 e. The van der Waals surface area contributed by atoms with Crippen molar-refractivity contribution >= 4 is 5.91 Å². The lowest BCUT2D eigenvalue weighted by molar-refractivity contribution is 0.0943. The van der Waals surface area contributed by atoms with E-state index in [2.05, 4.69) is 22.8 Å². The van der Waals surface area contributed by atoms with Crippen LogP contribution in [0.3, 0.4) is 0 Å². The van der Waals surface area contributed by atoms with E-state index in [1.807, 2.05) is 26.0 Å². The molecule has 0 radical (unpaired) electrons. The van der Waals surface area contributed by atoms with Crippen LogP contribution in [0.25, 0.3) is 0 Å². The van der Waals surface area contributed by atoms with Crippen molar-refractivity contribution in [1.29, 1.82) is 0 Å². The van der Waals surface area contributed by atoms with E-state index in [1.54, 1.807) is 0 Å². The van der Waals surface area contributed by atoms with E-state index in [9.17, 15) is 4.79 Å². The Bertz CT molecular complexity index is 405. The highest BCUT2D eigenvalue weighted by Crippen LogP contribution is 2.18. The van der Waals surface area contributed by atoms with Gasteiger partial charge in [-0.2, -0.15) is 0 Å². The van der Waals surface area contributed by atoms with Crippen LogP contribution in [0.4, 0.5) is 0 Å². The molecular weight excluding hydrogens is 236 g/mol. The molecule has 2 N–H and O–H groups in total. The minimum atomic E-state index is 0.0171. The van der Waals surface area contributed by atoms with E-state index in [4.69, 9.17) is 0 Å².